The lowest BCUT2D eigenvalue weighted by Crippen LogP contribution is -2.34. The zero-order valence-corrected chi connectivity index (χ0v) is 17.4. The summed E-state index contributed by atoms with van der Waals surface area (Å²) in [7, 11) is 0. The number of carboxylic acids is 1. The molecule has 4 rings (SSSR count). The van der Waals surface area contributed by atoms with Crippen LogP contribution < -0.4 is 10.1 Å². The smallest absolute Gasteiger partial charge is 0.335 e. The summed E-state index contributed by atoms with van der Waals surface area (Å²) in [4.78, 5) is 37.3. The van der Waals surface area contributed by atoms with Gasteiger partial charge in [0.15, 0.2) is 0 Å². The molecule has 1 atom stereocenters. The molecule has 3 aromatic rings. The molecule has 0 spiro atoms. The number of aromatic carboxylic acids is 1. The number of aryl methyl sites for hydroxylation is 1. The summed E-state index contributed by atoms with van der Waals surface area (Å²) in [6.07, 6.45) is 0.0630. The van der Waals surface area contributed by atoms with Crippen molar-refractivity contribution in [1.29, 1.82) is 0 Å². The monoisotopic (exact) mass is 430 g/mol. The Morgan fingerprint density at radius 1 is 1.03 bits per heavy atom. The minimum absolute atomic E-state index is 0.0630. The van der Waals surface area contributed by atoms with Crippen LogP contribution in [0, 0.1) is 6.92 Å². The number of likely N-dealkylation sites (tertiary alicyclic amines) is 1. The summed E-state index contributed by atoms with van der Waals surface area (Å²) < 4.78 is 5.89. The molecule has 1 heterocycles. The maximum atomic E-state index is 12.8. The lowest BCUT2D eigenvalue weighted by molar-refractivity contribution is -0.139. The minimum atomic E-state index is -1.02. The Morgan fingerprint density at radius 3 is 2.38 bits per heavy atom. The van der Waals surface area contributed by atoms with Crippen LogP contribution in [-0.2, 0) is 16.1 Å². The first-order valence-corrected chi connectivity index (χ1v) is 10.2. The predicted molar refractivity (Wildman–Crippen MR) is 119 cm³/mol. The van der Waals surface area contributed by atoms with Crippen molar-refractivity contribution in [2.24, 2.45) is 0 Å². The molecule has 1 aliphatic heterocycles. The summed E-state index contributed by atoms with van der Waals surface area (Å²) in [5.41, 5.74) is 2.58. The molecule has 0 saturated carbocycles. The van der Waals surface area contributed by atoms with Crippen molar-refractivity contribution in [2.45, 2.75) is 25.9 Å². The number of ether oxygens (including phenoxy) is 1. The molecule has 1 fully saturated rings. The highest BCUT2D eigenvalue weighted by Gasteiger charge is 2.38. The second-order valence-corrected chi connectivity index (χ2v) is 7.61. The number of anilines is 1. The molecule has 0 aromatic heterocycles. The van der Waals surface area contributed by atoms with Gasteiger partial charge < -0.3 is 15.2 Å². The Labute approximate surface area is 185 Å². The van der Waals surface area contributed by atoms with E-state index < -0.39 is 12.0 Å². The molecule has 1 aliphatic rings. The molecule has 0 radical (unpaired) electrons. The van der Waals surface area contributed by atoms with Gasteiger partial charge in [0.05, 0.1) is 18.5 Å². The van der Waals surface area contributed by atoms with Crippen molar-refractivity contribution < 1.29 is 24.2 Å². The standard InChI is InChI=1S/C25H22N2O5/c1-16-4-2-3-5-22(16)32-20-12-10-19(11-13-20)26-21-14-23(28)27(24(21)29)15-17-6-8-18(9-7-17)25(30)31/h2-13,21,26H,14-15H2,1H3,(H,30,31). The van der Waals surface area contributed by atoms with E-state index in [9.17, 15) is 14.4 Å². The number of para-hydroxylation sites is 1. The van der Waals surface area contributed by atoms with E-state index in [1.54, 1.807) is 36.4 Å². The number of benzene rings is 3. The number of amides is 2. The highest BCUT2D eigenvalue weighted by atomic mass is 16.5. The van der Waals surface area contributed by atoms with E-state index in [2.05, 4.69) is 5.32 Å². The Balaban J connectivity index is 1.38. The van der Waals surface area contributed by atoms with E-state index in [1.807, 2.05) is 31.2 Å². The first kappa shape index (κ1) is 21.1. The molecule has 1 saturated heterocycles. The van der Waals surface area contributed by atoms with Crippen molar-refractivity contribution in [1.82, 2.24) is 4.90 Å². The molecule has 2 N–H and O–H groups in total. The van der Waals surface area contributed by atoms with E-state index in [-0.39, 0.29) is 30.3 Å². The lowest BCUT2D eigenvalue weighted by Gasteiger charge is -2.16. The molecule has 162 valence electrons. The van der Waals surface area contributed by atoms with Crippen LogP contribution in [0.3, 0.4) is 0 Å². The van der Waals surface area contributed by atoms with Crippen LogP contribution >= 0.6 is 0 Å². The van der Waals surface area contributed by atoms with Crippen LogP contribution in [0.1, 0.15) is 27.9 Å². The van der Waals surface area contributed by atoms with Crippen LogP contribution in [0.5, 0.6) is 11.5 Å². The van der Waals surface area contributed by atoms with Crippen LogP contribution in [0.25, 0.3) is 0 Å². The van der Waals surface area contributed by atoms with Crippen LogP contribution in [0.4, 0.5) is 5.69 Å². The van der Waals surface area contributed by atoms with E-state index in [4.69, 9.17) is 9.84 Å². The lowest BCUT2D eigenvalue weighted by atomic mass is 10.1. The van der Waals surface area contributed by atoms with Crippen LogP contribution in [-0.4, -0.2) is 33.8 Å². The van der Waals surface area contributed by atoms with E-state index in [1.165, 1.54) is 17.0 Å². The Hall–Kier alpha value is -4.13. The molecule has 7 nitrogen and oxygen atoms in total. The average molecular weight is 430 g/mol. The molecular formula is C25H22N2O5. The van der Waals surface area contributed by atoms with E-state index >= 15 is 0 Å². The van der Waals surface area contributed by atoms with Gasteiger partial charge in [-0.25, -0.2) is 4.79 Å². The first-order valence-electron chi connectivity index (χ1n) is 10.2. The maximum Gasteiger partial charge on any atom is 0.335 e. The van der Waals surface area contributed by atoms with Crippen LogP contribution in [0.2, 0.25) is 0 Å². The van der Waals surface area contributed by atoms with Crippen molar-refractivity contribution in [3.05, 3.63) is 89.5 Å². The number of hydrogen-bond acceptors (Lipinski definition) is 5. The van der Waals surface area contributed by atoms with Gasteiger partial charge in [-0.2, -0.15) is 0 Å². The summed E-state index contributed by atoms with van der Waals surface area (Å²) in [5, 5.41) is 12.1. The van der Waals surface area contributed by atoms with Gasteiger partial charge in [0.1, 0.15) is 17.5 Å². The molecule has 1 unspecified atom stereocenters. The number of carbonyl (C=O) groups excluding carboxylic acids is 2. The molecule has 0 bridgehead atoms. The zero-order chi connectivity index (χ0) is 22.7. The molecule has 0 aliphatic carbocycles. The summed E-state index contributed by atoms with van der Waals surface area (Å²) in [6, 6.07) is 20.4. The third kappa shape index (κ3) is 4.62. The molecule has 7 heteroatoms. The Kier molecular flexibility index (Phi) is 5.89. The maximum absolute atomic E-state index is 12.8. The Bertz CT molecular complexity index is 1160. The molecule has 3 aromatic carbocycles. The second-order valence-electron chi connectivity index (χ2n) is 7.61. The fourth-order valence-corrected chi connectivity index (χ4v) is 3.52. The van der Waals surface area contributed by atoms with Gasteiger partial charge >= 0.3 is 5.97 Å². The summed E-state index contributed by atoms with van der Waals surface area (Å²) >= 11 is 0. The van der Waals surface area contributed by atoms with Gasteiger partial charge in [-0.1, -0.05) is 30.3 Å². The van der Waals surface area contributed by atoms with Crippen molar-refractivity contribution in [3.63, 3.8) is 0 Å². The number of nitrogens with one attached hydrogen (secondary N) is 1. The van der Waals surface area contributed by atoms with Gasteiger partial charge in [0.2, 0.25) is 5.91 Å². The number of nitrogens with zero attached hydrogens (tertiary/aromatic N) is 1. The zero-order valence-electron chi connectivity index (χ0n) is 17.4. The predicted octanol–water partition coefficient (Wildman–Crippen LogP) is 4.23. The average Bonchev–Trinajstić information content (AvgIpc) is 3.04. The van der Waals surface area contributed by atoms with Crippen molar-refractivity contribution >= 4 is 23.5 Å². The molecule has 32 heavy (non-hydrogen) atoms. The second kappa shape index (κ2) is 8.93. The van der Waals surface area contributed by atoms with Crippen LogP contribution in [0.15, 0.2) is 72.8 Å². The minimum Gasteiger partial charge on any atom is -0.478 e. The van der Waals surface area contributed by atoms with Gasteiger partial charge in [0, 0.05) is 5.69 Å². The largest absolute Gasteiger partial charge is 0.478 e. The highest BCUT2D eigenvalue weighted by Crippen LogP contribution is 2.27. The van der Waals surface area contributed by atoms with E-state index in [0.29, 0.717) is 17.0 Å². The number of imide groups is 1. The number of hydrogen-bond donors (Lipinski definition) is 2. The topological polar surface area (TPSA) is 95.9 Å². The summed E-state index contributed by atoms with van der Waals surface area (Å²) in [6.45, 7) is 2.08. The van der Waals surface area contributed by atoms with Crippen molar-refractivity contribution in [3.8, 4) is 11.5 Å². The first-order chi connectivity index (χ1) is 15.4. The Morgan fingerprint density at radius 2 is 1.72 bits per heavy atom. The number of carboxylic acid groups (broad SMARTS) is 1. The van der Waals surface area contributed by atoms with Gasteiger partial charge in [-0.05, 0) is 60.5 Å². The van der Waals surface area contributed by atoms with Gasteiger partial charge in [0.25, 0.3) is 5.91 Å². The number of rotatable bonds is 7. The van der Waals surface area contributed by atoms with Crippen molar-refractivity contribution in [2.75, 3.05) is 5.32 Å². The summed E-state index contributed by atoms with van der Waals surface area (Å²) in [5.74, 6) is -0.154. The third-order valence-corrected chi connectivity index (χ3v) is 5.30. The normalized spacial score (nSPS) is 15.7. The van der Waals surface area contributed by atoms with Gasteiger partial charge in [-0.3, -0.25) is 14.5 Å². The fraction of sp³-hybridized carbons (Fsp3) is 0.160. The number of carbonyl (C=O) groups is 3. The van der Waals surface area contributed by atoms with Gasteiger partial charge in [-0.15, -0.1) is 0 Å². The SMILES string of the molecule is Cc1ccccc1Oc1ccc(NC2CC(=O)N(Cc3ccc(C(=O)O)cc3)C2=O)cc1. The molecule has 2 amide bonds. The molecular weight excluding hydrogens is 408 g/mol. The quantitative estimate of drug-likeness (QED) is 0.545. The third-order valence-electron chi connectivity index (χ3n) is 5.30. The highest BCUT2D eigenvalue weighted by molar-refractivity contribution is 6.06. The fourth-order valence-electron chi connectivity index (χ4n) is 3.52. The van der Waals surface area contributed by atoms with E-state index in [0.717, 1.165) is 11.3 Å².